The highest BCUT2D eigenvalue weighted by Gasteiger charge is 2.44. The van der Waals surface area contributed by atoms with E-state index in [2.05, 4.69) is 11.6 Å². The van der Waals surface area contributed by atoms with Crippen LogP contribution in [0.3, 0.4) is 0 Å². The average molecular weight is 426 g/mol. The third kappa shape index (κ3) is 4.16. The Morgan fingerprint density at radius 2 is 1.91 bits per heavy atom. The number of H-pyrrole nitrogens is 1. The predicted molar refractivity (Wildman–Crippen MR) is 117 cm³/mol. The number of hydrogen-bond donors (Lipinski definition) is 0. The Labute approximate surface area is 186 Å². The Kier molecular flexibility index (Phi) is 6.12. The molecule has 160 valence electrons. The van der Waals surface area contributed by atoms with Crippen LogP contribution in [-0.2, 0) is 16.1 Å². The minimum absolute atomic E-state index is 0.0537. The first-order chi connectivity index (χ1) is 15.6. The fourth-order valence-electron chi connectivity index (χ4n) is 3.78. The number of ether oxygens (including phenoxy) is 1. The molecule has 4 rings (SSSR count). The van der Waals surface area contributed by atoms with Crippen molar-refractivity contribution in [2.45, 2.75) is 12.6 Å². The van der Waals surface area contributed by atoms with Gasteiger partial charge >= 0.3 is 0 Å². The van der Waals surface area contributed by atoms with Gasteiger partial charge in [0.25, 0.3) is 5.91 Å². The van der Waals surface area contributed by atoms with Gasteiger partial charge in [0, 0.05) is 17.2 Å². The number of hydrogen-bond acceptors (Lipinski definition) is 4. The van der Waals surface area contributed by atoms with Crippen molar-refractivity contribution in [2.24, 2.45) is 0 Å². The van der Waals surface area contributed by atoms with E-state index >= 15 is 0 Å². The van der Waals surface area contributed by atoms with Gasteiger partial charge in [-0.1, -0.05) is 60.9 Å². The first-order valence-electron chi connectivity index (χ1n) is 10.2. The lowest BCUT2D eigenvalue weighted by Gasteiger charge is -2.27. The van der Waals surface area contributed by atoms with Crippen LogP contribution in [0.5, 0.6) is 5.75 Å². The van der Waals surface area contributed by atoms with Gasteiger partial charge in [0.2, 0.25) is 5.78 Å². The quantitative estimate of drug-likeness (QED) is 0.252. The maximum atomic E-state index is 13.4. The van der Waals surface area contributed by atoms with Gasteiger partial charge in [-0.3, -0.25) is 9.59 Å². The molecule has 1 N–H and O–H groups in total. The number of nitrogens with one attached hydrogen (secondary N) is 1. The first kappa shape index (κ1) is 21.1. The van der Waals surface area contributed by atoms with Crippen LogP contribution in [0.15, 0.2) is 97.4 Å². The number of aromatic nitrogens is 1. The zero-order valence-corrected chi connectivity index (χ0v) is 17.4. The highest BCUT2D eigenvalue weighted by molar-refractivity contribution is 6.46. The number of nitrogens with zero attached hydrogens (tertiary/aromatic N) is 1. The fourth-order valence-corrected chi connectivity index (χ4v) is 3.78. The Bertz CT molecular complexity index is 1170. The average Bonchev–Trinajstić information content (AvgIpc) is 3.08. The van der Waals surface area contributed by atoms with Crippen LogP contribution < -0.4 is 14.8 Å². The lowest BCUT2D eigenvalue weighted by molar-refractivity contribution is -0.378. The van der Waals surface area contributed by atoms with Crippen LogP contribution in [0.25, 0.3) is 5.76 Å². The number of benzene rings is 2. The van der Waals surface area contributed by atoms with Gasteiger partial charge in [-0.15, -0.1) is 0 Å². The molecular weight excluding hydrogens is 404 g/mol. The molecule has 32 heavy (non-hydrogen) atoms. The smallest absolute Gasteiger partial charge is 0.295 e. The summed E-state index contributed by atoms with van der Waals surface area (Å²) < 4.78 is 5.64. The second-order valence-corrected chi connectivity index (χ2v) is 7.36. The van der Waals surface area contributed by atoms with Crippen LogP contribution in [0.1, 0.15) is 22.7 Å². The third-order valence-electron chi connectivity index (χ3n) is 5.23. The Balaban J connectivity index is 1.84. The molecule has 2 aromatic carbocycles. The van der Waals surface area contributed by atoms with Crippen molar-refractivity contribution in [2.75, 3.05) is 6.61 Å². The number of ketones is 1. The summed E-state index contributed by atoms with van der Waals surface area (Å²) in [4.78, 5) is 30.5. The third-order valence-corrected chi connectivity index (χ3v) is 5.23. The predicted octanol–water partition coefficient (Wildman–Crippen LogP) is 2.49. The first-order valence-corrected chi connectivity index (χ1v) is 10.2. The monoisotopic (exact) mass is 426 g/mol. The topological polar surface area (TPSA) is 83.8 Å². The van der Waals surface area contributed by atoms with E-state index in [1.54, 1.807) is 73.1 Å². The molecule has 0 bridgehead atoms. The van der Waals surface area contributed by atoms with Gasteiger partial charge in [0.05, 0.1) is 12.6 Å². The van der Waals surface area contributed by atoms with Crippen LogP contribution in [-0.4, -0.2) is 23.2 Å². The van der Waals surface area contributed by atoms with Crippen molar-refractivity contribution >= 4 is 17.4 Å². The molecule has 1 aliphatic rings. The molecule has 1 saturated heterocycles. The molecule has 0 aliphatic carbocycles. The molecule has 3 aromatic rings. The van der Waals surface area contributed by atoms with Crippen LogP contribution in [0, 0.1) is 0 Å². The lowest BCUT2D eigenvalue weighted by Crippen LogP contribution is -2.29. The van der Waals surface area contributed by atoms with E-state index in [4.69, 9.17) is 4.74 Å². The van der Waals surface area contributed by atoms with Gasteiger partial charge < -0.3 is 14.7 Å². The largest absolute Gasteiger partial charge is 0.872 e. The van der Waals surface area contributed by atoms with E-state index in [1.165, 1.54) is 4.90 Å². The number of carbonyl (C=O) groups is 2. The summed E-state index contributed by atoms with van der Waals surface area (Å²) in [6, 6.07) is 18.5. The maximum Gasteiger partial charge on any atom is 0.295 e. The fraction of sp³-hybridized carbons (Fsp3) is 0.115. The van der Waals surface area contributed by atoms with Crippen molar-refractivity contribution in [3.05, 3.63) is 114 Å². The minimum Gasteiger partial charge on any atom is -0.872 e. The Hall–Kier alpha value is -4.19. The van der Waals surface area contributed by atoms with Crippen molar-refractivity contribution in [1.82, 2.24) is 4.90 Å². The van der Waals surface area contributed by atoms with Crippen molar-refractivity contribution in [3.63, 3.8) is 0 Å². The molecule has 1 aliphatic heterocycles. The summed E-state index contributed by atoms with van der Waals surface area (Å²) in [7, 11) is 0. The molecule has 1 fully saturated rings. The second-order valence-electron chi connectivity index (χ2n) is 7.36. The van der Waals surface area contributed by atoms with Crippen molar-refractivity contribution in [1.29, 1.82) is 0 Å². The molecule has 0 spiro atoms. The van der Waals surface area contributed by atoms with E-state index in [0.717, 1.165) is 5.56 Å². The molecule has 0 saturated carbocycles. The molecule has 6 nitrogen and oxygen atoms in total. The summed E-state index contributed by atoms with van der Waals surface area (Å²) in [6.45, 7) is 4.14. The van der Waals surface area contributed by atoms with Crippen molar-refractivity contribution in [3.8, 4) is 5.75 Å². The number of likely N-dealkylation sites (tertiary alicyclic amines) is 1. The van der Waals surface area contributed by atoms with Crippen molar-refractivity contribution < 1.29 is 24.4 Å². The summed E-state index contributed by atoms with van der Waals surface area (Å²) in [6.07, 6.45) is 5.15. The summed E-state index contributed by atoms with van der Waals surface area (Å²) >= 11 is 0. The Morgan fingerprint density at radius 1 is 1.09 bits per heavy atom. The van der Waals surface area contributed by atoms with E-state index in [1.807, 2.05) is 12.1 Å². The second kappa shape index (κ2) is 9.31. The SMILES string of the molecule is C=CCOc1cccc(C2C(=C([O-])c3ccccc3)C(=O)C(=O)N2Cc2ccc[nH+]c2)c1. The molecule has 6 heteroatoms. The molecule has 1 unspecified atom stereocenters. The van der Waals surface area contributed by atoms with Gasteiger partial charge in [0.15, 0.2) is 12.4 Å². The number of carbonyl (C=O) groups excluding carboxylic acids is 2. The minimum atomic E-state index is -0.824. The molecule has 2 heterocycles. The molecule has 1 atom stereocenters. The summed E-state index contributed by atoms with van der Waals surface area (Å²) in [5, 5.41) is 13.4. The van der Waals surface area contributed by atoms with Crippen LogP contribution in [0.2, 0.25) is 0 Å². The van der Waals surface area contributed by atoms with E-state index in [9.17, 15) is 14.7 Å². The zero-order valence-electron chi connectivity index (χ0n) is 17.4. The summed E-state index contributed by atoms with van der Waals surface area (Å²) in [5.74, 6) is -1.36. The maximum absolute atomic E-state index is 13.4. The van der Waals surface area contributed by atoms with Gasteiger partial charge in [-0.05, 0) is 29.3 Å². The van der Waals surface area contributed by atoms with E-state index in [0.29, 0.717) is 23.5 Å². The van der Waals surface area contributed by atoms with Crippen LogP contribution in [0.4, 0.5) is 0 Å². The number of aromatic amines is 1. The molecular formula is C26H22N2O4. The van der Waals surface area contributed by atoms with Gasteiger partial charge in [-0.25, -0.2) is 4.98 Å². The zero-order chi connectivity index (χ0) is 22.5. The van der Waals surface area contributed by atoms with Gasteiger partial charge in [0.1, 0.15) is 12.4 Å². The normalized spacial score (nSPS) is 17.4. The van der Waals surface area contributed by atoms with Gasteiger partial charge in [-0.2, -0.15) is 0 Å². The number of rotatable bonds is 7. The standard InChI is InChI=1S/C26H22N2O4/c1-2-14-32-21-12-6-11-20(15-21)23-22(24(29)19-9-4-3-5-10-19)25(30)26(31)28(23)17-18-8-7-13-27-16-18/h2-13,15-16,23,29H,1,14,17H2. The Morgan fingerprint density at radius 3 is 2.62 bits per heavy atom. The van der Waals surface area contributed by atoms with E-state index in [-0.39, 0.29) is 12.1 Å². The molecule has 1 aromatic heterocycles. The summed E-state index contributed by atoms with van der Waals surface area (Å²) in [5.41, 5.74) is 1.75. The molecule has 1 amide bonds. The van der Waals surface area contributed by atoms with Crippen LogP contribution >= 0.6 is 0 Å². The molecule has 0 radical (unpaired) electrons. The number of amides is 1. The lowest BCUT2D eigenvalue weighted by atomic mass is 9.95. The highest BCUT2D eigenvalue weighted by Crippen LogP contribution is 2.40. The van der Waals surface area contributed by atoms with E-state index < -0.39 is 23.5 Å². The number of Topliss-reactive ketones (excluding diaryl/α,β-unsaturated/α-hetero) is 1. The number of pyridine rings is 1. The highest BCUT2D eigenvalue weighted by atomic mass is 16.5.